The molecule has 0 spiro atoms. The number of amides is 1. The molecule has 1 saturated carbocycles. The topological polar surface area (TPSA) is 52.6 Å². The van der Waals surface area contributed by atoms with E-state index in [1.54, 1.807) is 0 Å². The average Bonchev–Trinajstić information content (AvgIpc) is 2.76. The van der Waals surface area contributed by atoms with Crippen LogP contribution in [0.4, 0.5) is 0 Å². The number of thiophene rings is 1. The van der Waals surface area contributed by atoms with E-state index in [1.165, 1.54) is 17.8 Å². The van der Waals surface area contributed by atoms with Crippen molar-refractivity contribution in [3.05, 3.63) is 21.4 Å². The van der Waals surface area contributed by atoms with E-state index < -0.39 is 0 Å². The summed E-state index contributed by atoms with van der Waals surface area (Å²) in [6.07, 6.45) is 3.50. The van der Waals surface area contributed by atoms with E-state index in [0.29, 0.717) is 11.4 Å². The molecule has 1 aliphatic carbocycles. The number of carbonyl (C=O) groups excluding carboxylic acids is 1. The van der Waals surface area contributed by atoms with Gasteiger partial charge in [0, 0.05) is 12.1 Å². The van der Waals surface area contributed by atoms with Gasteiger partial charge in [0.1, 0.15) is 6.61 Å². The minimum atomic E-state index is -0.162. The smallest absolute Gasteiger partial charge is 0.261 e. The molecule has 0 saturated heterocycles. The quantitative estimate of drug-likeness (QED) is 0.831. The van der Waals surface area contributed by atoms with Crippen LogP contribution in [-0.2, 0) is 0 Å². The van der Waals surface area contributed by atoms with Gasteiger partial charge in [-0.2, -0.15) is 0 Å². The molecule has 1 heterocycles. The highest BCUT2D eigenvalue weighted by Crippen LogP contribution is 2.35. The first kappa shape index (κ1) is 16.0. The van der Waals surface area contributed by atoms with Crippen molar-refractivity contribution in [2.75, 3.05) is 27.2 Å². The fraction of sp³-hybridized carbons (Fsp3) is 0.562. The van der Waals surface area contributed by atoms with Gasteiger partial charge in [0.15, 0.2) is 0 Å². The van der Waals surface area contributed by atoms with E-state index >= 15 is 0 Å². The summed E-state index contributed by atoms with van der Waals surface area (Å²) in [5, 5.41) is 11.8. The molecule has 1 amide bonds. The fourth-order valence-corrected chi connectivity index (χ4v) is 3.50. The van der Waals surface area contributed by atoms with Crippen molar-refractivity contribution < 1.29 is 9.90 Å². The van der Waals surface area contributed by atoms with Gasteiger partial charge in [0.2, 0.25) is 0 Å². The predicted octanol–water partition coefficient (Wildman–Crippen LogP) is 1.61. The molecule has 1 fully saturated rings. The van der Waals surface area contributed by atoms with E-state index in [2.05, 4.69) is 36.2 Å². The SMILES string of the molecule is Cc1cc(C(=O)NCC2(N(C)C)CCC2)sc1C#CCO. The standard InChI is InChI=1S/C16H22N2O2S/c1-12-10-14(21-13(12)6-4-9-19)15(20)17-11-16(18(2)3)7-5-8-16/h10,19H,5,7-9,11H2,1-3H3,(H,17,20). The molecule has 0 aromatic carbocycles. The first-order valence-corrected chi connectivity index (χ1v) is 7.96. The lowest BCUT2D eigenvalue weighted by atomic mass is 9.75. The lowest BCUT2D eigenvalue weighted by Crippen LogP contribution is -2.57. The number of nitrogens with one attached hydrogen (secondary N) is 1. The van der Waals surface area contributed by atoms with Crippen molar-refractivity contribution in [2.24, 2.45) is 0 Å². The molecule has 1 aromatic rings. The summed E-state index contributed by atoms with van der Waals surface area (Å²) in [6.45, 7) is 2.46. The van der Waals surface area contributed by atoms with Crippen LogP contribution in [0.1, 0.15) is 39.4 Å². The molecule has 114 valence electrons. The van der Waals surface area contributed by atoms with E-state index in [1.807, 2.05) is 13.0 Å². The summed E-state index contributed by atoms with van der Waals surface area (Å²) in [6, 6.07) is 1.87. The van der Waals surface area contributed by atoms with Crippen molar-refractivity contribution in [3.8, 4) is 11.8 Å². The fourth-order valence-electron chi connectivity index (χ4n) is 2.54. The molecular formula is C16H22N2O2S. The van der Waals surface area contributed by atoms with Crippen LogP contribution in [0.15, 0.2) is 6.07 Å². The number of rotatable bonds is 4. The Bertz CT molecular complexity index is 577. The molecule has 2 N–H and O–H groups in total. The molecular weight excluding hydrogens is 284 g/mol. The third kappa shape index (κ3) is 3.46. The number of aliphatic hydroxyl groups is 1. The van der Waals surface area contributed by atoms with E-state index in [4.69, 9.17) is 5.11 Å². The Balaban J connectivity index is 2.01. The maximum atomic E-state index is 12.3. The number of aryl methyl sites for hydroxylation is 1. The Hall–Kier alpha value is -1.35. The number of aliphatic hydroxyl groups excluding tert-OH is 1. The van der Waals surface area contributed by atoms with Crippen LogP contribution in [0, 0.1) is 18.8 Å². The molecule has 1 aliphatic rings. The maximum Gasteiger partial charge on any atom is 0.261 e. The van der Waals surface area contributed by atoms with Crippen LogP contribution in [0.2, 0.25) is 0 Å². The number of carbonyl (C=O) groups is 1. The minimum Gasteiger partial charge on any atom is -0.384 e. The second-order valence-electron chi connectivity index (χ2n) is 5.74. The summed E-state index contributed by atoms with van der Waals surface area (Å²) >= 11 is 1.38. The molecule has 0 radical (unpaired) electrons. The van der Waals surface area contributed by atoms with Gasteiger partial charge in [-0.15, -0.1) is 11.3 Å². The summed E-state index contributed by atoms with van der Waals surface area (Å²) < 4.78 is 0. The lowest BCUT2D eigenvalue weighted by molar-refractivity contribution is 0.0559. The summed E-state index contributed by atoms with van der Waals surface area (Å²) in [5.74, 6) is 5.47. The molecule has 0 bridgehead atoms. The minimum absolute atomic E-state index is 0.0340. The number of likely N-dealkylation sites (N-methyl/N-ethyl adjacent to an activating group) is 1. The van der Waals surface area contributed by atoms with E-state index in [-0.39, 0.29) is 18.1 Å². The molecule has 0 aliphatic heterocycles. The van der Waals surface area contributed by atoms with Crippen LogP contribution in [0.5, 0.6) is 0 Å². The molecule has 2 rings (SSSR count). The summed E-state index contributed by atoms with van der Waals surface area (Å²) in [4.78, 5) is 16.0. The predicted molar refractivity (Wildman–Crippen MR) is 85.6 cm³/mol. The van der Waals surface area contributed by atoms with Gasteiger partial charge in [0.05, 0.1) is 9.75 Å². The largest absolute Gasteiger partial charge is 0.384 e. The van der Waals surface area contributed by atoms with E-state index in [9.17, 15) is 4.79 Å². The Morgan fingerprint density at radius 1 is 1.52 bits per heavy atom. The maximum absolute atomic E-state index is 12.3. The molecule has 21 heavy (non-hydrogen) atoms. The summed E-state index contributed by atoms with van der Waals surface area (Å²) in [5.41, 5.74) is 1.11. The van der Waals surface area contributed by atoms with Crippen molar-refractivity contribution in [2.45, 2.75) is 31.7 Å². The highest BCUT2D eigenvalue weighted by atomic mass is 32.1. The second kappa shape index (κ2) is 6.61. The second-order valence-corrected chi connectivity index (χ2v) is 6.79. The average molecular weight is 306 g/mol. The van der Waals surface area contributed by atoms with Gasteiger partial charge in [0.25, 0.3) is 5.91 Å². The zero-order chi connectivity index (χ0) is 15.5. The van der Waals surface area contributed by atoms with Crippen molar-refractivity contribution in [1.82, 2.24) is 10.2 Å². The highest BCUT2D eigenvalue weighted by Gasteiger charge is 2.39. The molecule has 4 nitrogen and oxygen atoms in total. The van der Waals surface area contributed by atoms with Gasteiger partial charge in [-0.3, -0.25) is 4.79 Å². The van der Waals surface area contributed by atoms with Crippen molar-refractivity contribution in [1.29, 1.82) is 0 Å². The molecule has 1 aromatic heterocycles. The van der Waals surface area contributed by atoms with Gasteiger partial charge in [-0.25, -0.2) is 0 Å². The molecule has 0 atom stereocenters. The number of hydrogen-bond acceptors (Lipinski definition) is 4. The van der Waals surface area contributed by atoms with Crippen LogP contribution >= 0.6 is 11.3 Å². The lowest BCUT2D eigenvalue weighted by Gasteiger charge is -2.47. The Morgan fingerprint density at radius 2 is 2.24 bits per heavy atom. The first-order chi connectivity index (χ1) is 9.98. The van der Waals surface area contributed by atoms with Gasteiger partial charge >= 0.3 is 0 Å². The third-order valence-electron chi connectivity index (χ3n) is 4.23. The monoisotopic (exact) mass is 306 g/mol. The molecule has 0 unspecified atom stereocenters. The van der Waals surface area contributed by atoms with Crippen molar-refractivity contribution >= 4 is 17.2 Å². The van der Waals surface area contributed by atoms with Crippen molar-refractivity contribution in [3.63, 3.8) is 0 Å². The number of hydrogen-bond donors (Lipinski definition) is 2. The normalized spacial score (nSPS) is 16.0. The summed E-state index contributed by atoms with van der Waals surface area (Å²) in [7, 11) is 4.15. The third-order valence-corrected chi connectivity index (χ3v) is 5.38. The molecule has 5 heteroatoms. The van der Waals surface area contributed by atoms with Crippen LogP contribution in [-0.4, -0.2) is 48.7 Å². The van der Waals surface area contributed by atoms with Gasteiger partial charge < -0.3 is 15.3 Å². The number of nitrogens with zero attached hydrogens (tertiary/aromatic N) is 1. The zero-order valence-corrected chi connectivity index (χ0v) is 13.6. The van der Waals surface area contributed by atoms with Gasteiger partial charge in [-0.05, 0) is 51.9 Å². The van der Waals surface area contributed by atoms with Gasteiger partial charge in [-0.1, -0.05) is 11.8 Å². The van der Waals surface area contributed by atoms with Crippen LogP contribution < -0.4 is 5.32 Å². The Morgan fingerprint density at radius 3 is 2.76 bits per heavy atom. The Kier molecular flexibility index (Phi) is 5.04. The Labute approximate surface area is 130 Å². The van der Waals surface area contributed by atoms with Crippen LogP contribution in [0.3, 0.4) is 0 Å². The van der Waals surface area contributed by atoms with Crippen LogP contribution in [0.25, 0.3) is 0 Å². The first-order valence-electron chi connectivity index (χ1n) is 7.14. The highest BCUT2D eigenvalue weighted by molar-refractivity contribution is 7.14. The zero-order valence-electron chi connectivity index (χ0n) is 12.8. The van der Waals surface area contributed by atoms with E-state index in [0.717, 1.165) is 23.3 Å².